The number of benzene rings is 2. The van der Waals surface area contributed by atoms with Crippen LogP contribution in [0.4, 0.5) is 5.69 Å². The van der Waals surface area contributed by atoms with Crippen LogP contribution in [0.15, 0.2) is 47.4 Å². The number of likely N-dealkylation sites (N-methyl/N-ethyl adjacent to an activating group) is 1. The highest BCUT2D eigenvalue weighted by molar-refractivity contribution is 7.93. The van der Waals surface area contributed by atoms with Crippen LogP contribution in [0.25, 0.3) is 11.1 Å². The molecular formula is C22H27N3O3S. The standard InChI is InChI=1S/C22H27N3O3S/c1-3-17-9-10-20-19(15-17)18-7-5-6-8-21(18)29(27,28)25(20)16-22(26)24-13-11-23(4-2)12-14-24/h5-10,15H,3-4,11-14,16H2,1-2H3. The molecule has 1 fully saturated rings. The summed E-state index contributed by atoms with van der Waals surface area (Å²) in [6, 6.07) is 12.9. The van der Waals surface area contributed by atoms with Gasteiger partial charge in [-0.15, -0.1) is 0 Å². The number of fused-ring (bicyclic) bond motifs is 3. The number of rotatable bonds is 4. The van der Waals surface area contributed by atoms with E-state index < -0.39 is 10.0 Å². The first-order valence-electron chi connectivity index (χ1n) is 10.2. The van der Waals surface area contributed by atoms with Crippen molar-refractivity contribution in [3.8, 4) is 11.1 Å². The first-order valence-corrected chi connectivity index (χ1v) is 11.6. The maximum absolute atomic E-state index is 13.4. The van der Waals surface area contributed by atoms with E-state index in [2.05, 4.69) is 18.7 Å². The van der Waals surface area contributed by atoms with Gasteiger partial charge in [0.25, 0.3) is 10.0 Å². The summed E-state index contributed by atoms with van der Waals surface area (Å²) < 4.78 is 28.1. The van der Waals surface area contributed by atoms with Gasteiger partial charge < -0.3 is 9.80 Å². The maximum atomic E-state index is 13.4. The van der Waals surface area contributed by atoms with E-state index in [1.54, 1.807) is 17.0 Å². The highest BCUT2D eigenvalue weighted by Gasteiger charge is 2.37. The van der Waals surface area contributed by atoms with Crippen LogP contribution in [-0.4, -0.2) is 63.4 Å². The fourth-order valence-electron chi connectivity index (χ4n) is 4.11. The average molecular weight is 414 g/mol. The second kappa shape index (κ2) is 7.80. The van der Waals surface area contributed by atoms with Crippen molar-refractivity contribution < 1.29 is 13.2 Å². The van der Waals surface area contributed by atoms with Crippen LogP contribution in [0.5, 0.6) is 0 Å². The lowest BCUT2D eigenvalue weighted by Crippen LogP contribution is -2.52. The Bertz CT molecular complexity index is 1030. The van der Waals surface area contributed by atoms with E-state index in [1.165, 1.54) is 4.31 Å². The quantitative estimate of drug-likeness (QED) is 0.773. The molecule has 29 heavy (non-hydrogen) atoms. The van der Waals surface area contributed by atoms with Gasteiger partial charge in [-0.1, -0.05) is 38.1 Å². The Kier molecular flexibility index (Phi) is 5.36. The summed E-state index contributed by atoms with van der Waals surface area (Å²) in [7, 11) is -3.79. The molecule has 154 valence electrons. The van der Waals surface area contributed by atoms with E-state index >= 15 is 0 Å². The van der Waals surface area contributed by atoms with Crippen LogP contribution < -0.4 is 4.31 Å². The Morgan fingerprint density at radius 1 is 0.966 bits per heavy atom. The SMILES string of the molecule is CCc1ccc2c(c1)-c1ccccc1S(=O)(=O)N2CC(=O)N1CCN(CC)CC1. The number of anilines is 1. The lowest BCUT2D eigenvalue weighted by molar-refractivity contribution is -0.131. The third-order valence-electron chi connectivity index (χ3n) is 5.93. The summed E-state index contributed by atoms with van der Waals surface area (Å²) in [5, 5.41) is 0. The number of hydrogen-bond donors (Lipinski definition) is 0. The molecule has 1 saturated heterocycles. The predicted octanol–water partition coefficient (Wildman–Crippen LogP) is 2.59. The van der Waals surface area contributed by atoms with Crippen LogP contribution in [0.2, 0.25) is 0 Å². The zero-order valence-electron chi connectivity index (χ0n) is 17.0. The zero-order chi connectivity index (χ0) is 20.6. The molecule has 2 aliphatic heterocycles. The molecule has 0 bridgehead atoms. The number of sulfonamides is 1. The minimum absolute atomic E-state index is 0.144. The molecule has 0 saturated carbocycles. The molecule has 0 spiro atoms. The lowest BCUT2D eigenvalue weighted by Gasteiger charge is -2.37. The van der Waals surface area contributed by atoms with E-state index in [-0.39, 0.29) is 17.3 Å². The normalized spacial score (nSPS) is 18.3. The fraction of sp³-hybridized carbons (Fsp3) is 0.409. The molecule has 0 atom stereocenters. The zero-order valence-corrected chi connectivity index (χ0v) is 17.8. The average Bonchev–Trinajstić information content (AvgIpc) is 2.76. The highest BCUT2D eigenvalue weighted by Crippen LogP contribution is 2.43. The van der Waals surface area contributed by atoms with Gasteiger partial charge in [-0.3, -0.25) is 9.10 Å². The van der Waals surface area contributed by atoms with Crippen LogP contribution in [0.1, 0.15) is 19.4 Å². The Balaban J connectivity index is 1.70. The number of carbonyl (C=O) groups is 1. The molecule has 0 unspecified atom stereocenters. The third-order valence-corrected chi connectivity index (χ3v) is 7.75. The molecule has 0 aliphatic carbocycles. The molecule has 7 heteroatoms. The number of carbonyl (C=O) groups excluding carboxylic acids is 1. The van der Waals surface area contributed by atoms with Crippen molar-refractivity contribution in [2.24, 2.45) is 0 Å². The largest absolute Gasteiger partial charge is 0.339 e. The molecular weight excluding hydrogens is 386 g/mol. The van der Waals surface area contributed by atoms with E-state index in [0.29, 0.717) is 24.3 Å². The molecule has 6 nitrogen and oxygen atoms in total. The molecule has 0 N–H and O–H groups in total. The van der Waals surface area contributed by atoms with Crippen molar-refractivity contribution in [1.29, 1.82) is 0 Å². The van der Waals surface area contributed by atoms with Crippen LogP contribution >= 0.6 is 0 Å². The smallest absolute Gasteiger partial charge is 0.265 e. The Labute approximate surface area is 172 Å². The lowest BCUT2D eigenvalue weighted by atomic mass is 9.99. The number of aryl methyl sites for hydroxylation is 1. The number of nitrogens with zero attached hydrogens (tertiary/aromatic N) is 3. The molecule has 0 aromatic heterocycles. The second-order valence-electron chi connectivity index (χ2n) is 7.53. The van der Waals surface area contributed by atoms with Gasteiger partial charge in [0.05, 0.1) is 10.6 Å². The van der Waals surface area contributed by atoms with Crippen LogP contribution in [-0.2, 0) is 21.2 Å². The number of amides is 1. The molecule has 4 rings (SSSR count). The highest BCUT2D eigenvalue weighted by atomic mass is 32.2. The Morgan fingerprint density at radius 2 is 1.69 bits per heavy atom. The minimum Gasteiger partial charge on any atom is -0.339 e. The van der Waals surface area contributed by atoms with Gasteiger partial charge in [0.1, 0.15) is 6.54 Å². The van der Waals surface area contributed by atoms with Crippen molar-refractivity contribution >= 4 is 21.6 Å². The van der Waals surface area contributed by atoms with Gasteiger partial charge in [0, 0.05) is 37.3 Å². The third kappa shape index (κ3) is 3.53. The molecule has 2 aliphatic rings. The van der Waals surface area contributed by atoms with E-state index in [1.807, 2.05) is 30.3 Å². The van der Waals surface area contributed by atoms with Gasteiger partial charge >= 0.3 is 0 Å². The summed E-state index contributed by atoms with van der Waals surface area (Å²) in [5.41, 5.74) is 3.30. The fourth-order valence-corrected chi connectivity index (χ4v) is 5.75. The van der Waals surface area contributed by atoms with Crippen molar-refractivity contribution in [1.82, 2.24) is 9.80 Å². The first-order chi connectivity index (χ1) is 14.0. The Hall–Kier alpha value is -2.38. The van der Waals surface area contributed by atoms with Gasteiger partial charge in [-0.25, -0.2) is 8.42 Å². The van der Waals surface area contributed by atoms with Gasteiger partial charge in [0.15, 0.2) is 0 Å². The summed E-state index contributed by atoms with van der Waals surface area (Å²) in [5.74, 6) is -0.144. The number of hydrogen-bond acceptors (Lipinski definition) is 4. The van der Waals surface area contributed by atoms with E-state index in [4.69, 9.17) is 0 Å². The molecule has 2 aromatic carbocycles. The van der Waals surface area contributed by atoms with E-state index in [9.17, 15) is 13.2 Å². The summed E-state index contributed by atoms with van der Waals surface area (Å²) in [4.78, 5) is 17.3. The van der Waals surface area contributed by atoms with Gasteiger partial charge in [-0.2, -0.15) is 0 Å². The molecule has 1 amide bonds. The predicted molar refractivity (Wildman–Crippen MR) is 114 cm³/mol. The summed E-state index contributed by atoms with van der Waals surface area (Å²) in [6.45, 7) is 7.91. The second-order valence-corrected chi connectivity index (χ2v) is 9.36. The van der Waals surface area contributed by atoms with Crippen LogP contribution in [0.3, 0.4) is 0 Å². The van der Waals surface area contributed by atoms with Crippen molar-refractivity contribution in [3.63, 3.8) is 0 Å². The van der Waals surface area contributed by atoms with Crippen molar-refractivity contribution in [2.75, 3.05) is 43.6 Å². The maximum Gasteiger partial charge on any atom is 0.265 e. The van der Waals surface area contributed by atoms with Crippen molar-refractivity contribution in [3.05, 3.63) is 48.0 Å². The minimum atomic E-state index is -3.79. The molecule has 2 heterocycles. The molecule has 2 aromatic rings. The van der Waals surface area contributed by atoms with Gasteiger partial charge in [0.2, 0.25) is 5.91 Å². The number of piperazine rings is 1. The van der Waals surface area contributed by atoms with Crippen LogP contribution in [0, 0.1) is 0 Å². The molecule has 0 radical (unpaired) electrons. The van der Waals surface area contributed by atoms with E-state index in [0.717, 1.165) is 37.2 Å². The van der Waals surface area contributed by atoms with Crippen molar-refractivity contribution in [2.45, 2.75) is 25.2 Å². The topological polar surface area (TPSA) is 60.9 Å². The summed E-state index contributed by atoms with van der Waals surface area (Å²) >= 11 is 0. The monoisotopic (exact) mass is 413 g/mol. The Morgan fingerprint density at radius 3 is 2.38 bits per heavy atom. The first kappa shape index (κ1) is 19.9. The summed E-state index contributed by atoms with van der Waals surface area (Å²) in [6.07, 6.45) is 0.864. The van der Waals surface area contributed by atoms with Gasteiger partial charge in [-0.05, 0) is 36.7 Å².